The monoisotopic (exact) mass is 984 g/mol. The first-order chi connectivity index (χ1) is 32.5. The van der Waals surface area contributed by atoms with Gasteiger partial charge < -0.3 is 35.4 Å². The van der Waals surface area contributed by atoms with Crippen LogP contribution in [0.15, 0.2) is 42.5 Å². The summed E-state index contributed by atoms with van der Waals surface area (Å²) in [6.07, 6.45) is 2.86. The number of nitrogens with zero attached hydrogens (tertiary/aromatic N) is 4. The smallest absolute Gasteiger partial charge is 0.266 e. The second-order valence-corrected chi connectivity index (χ2v) is 21.1. The van der Waals surface area contributed by atoms with E-state index in [9.17, 15) is 42.3 Å². The number of hydrogen-bond acceptors (Lipinski definition) is 17. The van der Waals surface area contributed by atoms with Crippen LogP contribution in [0.25, 0.3) is 0 Å². The highest BCUT2D eigenvalue weighted by Gasteiger charge is 2.46. The number of nitrogens with one attached hydrogen (secondary N) is 6. The summed E-state index contributed by atoms with van der Waals surface area (Å²) in [5.41, 5.74) is 2.32. The second-order valence-electron chi connectivity index (χ2n) is 18.0. The van der Waals surface area contributed by atoms with Gasteiger partial charge in [0, 0.05) is 57.5 Å². The van der Waals surface area contributed by atoms with E-state index in [0.717, 1.165) is 41.9 Å². The van der Waals surface area contributed by atoms with E-state index >= 15 is 0 Å². The van der Waals surface area contributed by atoms with Gasteiger partial charge in [0.1, 0.15) is 30.1 Å². The maximum absolute atomic E-state index is 13.3. The van der Waals surface area contributed by atoms with Crippen molar-refractivity contribution in [3.05, 3.63) is 64.7 Å². The Morgan fingerprint density at radius 2 is 1.79 bits per heavy atom. The third-order valence-corrected chi connectivity index (χ3v) is 15.4. The quantitative estimate of drug-likeness (QED) is 0.0421. The van der Waals surface area contributed by atoms with Crippen LogP contribution in [0.1, 0.15) is 75.9 Å². The van der Waals surface area contributed by atoms with E-state index in [-0.39, 0.29) is 85.5 Å². The standard InChI is InChI=1S/C45H64N10O11S2/c1-52(18-19-65-20-21-66-35-9-5-8-32-40(35)44(62)55(43(32)61)34-10-11-37(56)50-42(34)60)17-15-47-39(58)26-53(2)36-23-29(12-14-46-36)28-6-4-7-30(22-28)33-27-67-45(49-33)51-38(57)24-48-41(59)31-13-16-54(25-31)68(3,63)64/h4-9,22,29,31,33-34,36,39,45-47,49,58H,10-21,23-27H2,1-3H3,(H,48,59)(H,51,57)(H,50,56,60). The Morgan fingerprint density at radius 3 is 2.57 bits per heavy atom. The highest BCUT2D eigenvalue weighted by atomic mass is 32.2. The molecule has 372 valence electrons. The summed E-state index contributed by atoms with van der Waals surface area (Å²) < 4.78 is 36.5. The maximum Gasteiger partial charge on any atom is 0.266 e. The van der Waals surface area contributed by atoms with E-state index in [2.05, 4.69) is 66.0 Å². The van der Waals surface area contributed by atoms with Crippen molar-refractivity contribution >= 4 is 57.2 Å². The van der Waals surface area contributed by atoms with Crippen LogP contribution < -0.4 is 36.6 Å². The van der Waals surface area contributed by atoms with E-state index in [1.165, 1.54) is 15.9 Å². The SMILES string of the molecule is CN(CCNC(O)CN(C)C1CC(c2cccc(C3CSC(NC(=O)CNC(=O)C4CCN(S(C)(=O)=O)C4)N3)c2)CCN1)CCOCCOc1cccc2c1C(=O)N(C1CCC(=O)NC1=O)C2=O. The van der Waals surface area contributed by atoms with Gasteiger partial charge in [0.2, 0.25) is 33.7 Å². The molecule has 23 heteroatoms. The lowest BCUT2D eigenvalue weighted by Gasteiger charge is -2.37. The number of rotatable bonds is 22. The van der Waals surface area contributed by atoms with Crippen LogP contribution in [0.3, 0.4) is 0 Å². The Balaban J connectivity index is 0.755. The molecule has 5 heterocycles. The number of aliphatic hydroxyl groups excluding tert-OH is 1. The average molecular weight is 985 g/mol. The largest absolute Gasteiger partial charge is 0.490 e. The number of thioether (sulfide) groups is 1. The maximum atomic E-state index is 13.3. The molecule has 0 saturated carbocycles. The molecule has 0 radical (unpaired) electrons. The summed E-state index contributed by atoms with van der Waals surface area (Å²) in [4.78, 5) is 80.8. The Hall–Kier alpha value is -4.56. The Labute approximate surface area is 401 Å². The summed E-state index contributed by atoms with van der Waals surface area (Å²) >= 11 is 1.59. The van der Waals surface area contributed by atoms with Crippen molar-refractivity contribution in [3.63, 3.8) is 0 Å². The third kappa shape index (κ3) is 13.2. The minimum Gasteiger partial charge on any atom is -0.490 e. The van der Waals surface area contributed by atoms with Crippen LogP contribution in [0.5, 0.6) is 5.75 Å². The van der Waals surface area contributed by atoms with Crippen LogP contribution in [-0.4, -0.2) is 190 Å². The molecule has 0 bridgehead atoms. The first kappa shape index (κ1) is 51.3. The molecule has 7 N–H and O–H groups in total. The Morgan fingerprint density at radius 1 is 1.00 bits per heavy atom. The predicted octanol–water partition coefficient (Wildman–Crippen LogP) is -1.08. The van der Waals surface area contributed by atoms with Gasteiger partial charge in [0.25, 0.3) is 11.8 Å². The number of carbonyl (C=O) groups is 6. The number of aliphatic hydroxyl groups is 1. The number of hydrogen-bond donors (Lipinski definition) is 7. The lowest BCUT2D eigenvalue weighted by molar-refractivity contribution is -0.136. The first-order valence-corrected chi connectivity index (χ1v) is 26.0. The third-order valence-electron chi connectivity index (χ3n) is 13.1. The molecular formula is C45H64N10O11S2. The first-order valence-electron chi connectivity index (χ1n) is 23.1. The number of carbonyl (C=O) groups excluding carboxylic acids is 6. The molecule has 21 nitrogen and oxygen atoms in total. The summed E-state index contributed by atoms with van der Waals surface area (Å²) in [6.45, 7) is 4.17. The van der Waals surface area contributed by atoms with Crippen LogP contribution in [0.4, 0.5) is 0 Å². The van der Waals surface area contributed by atoms with Crippen LogP contribution >= 0.6 is 11.8 Å². The molecule has 4 fully saturated rings. The van der Waals surface area contributed by atoms with Crippen molar-refractivity contribution in [3.8, 4) is 5.75 Å². The second kappa shape index (κ2) is 23.4. The highest BCUT2D eigenvalue weighted by molar-refractivity contribution is 8.00. The zero-order valence-electron chi connectivity index (χ0n) is 38.7. The van der Waals surface area contributed by atoms with E-state index in [4.69, 9.17) is 9.47 Å². The van der Waals surface area contributed by atoms with Crippen molar-refractivity contribution in [2.45, 2.75) is 68.0 Å². The molecule has 2 aromatic carbocycles. The van der Waals surface area contributed by atoms with Gasteiger partial charge in [-0.2, -0.15) is 0 Å². The molecule has 7 unspecified atom stereocenters. The van der Waals surface area contributed by atoms with Crippen molar-refractivity contribution in [2.24, 2.45) is 5.92 Å². The molecule has 0 aromatic heterocycles. The minimum atomic E-state index is -3.36. The molecule has 68 heavy (non-hydrogen) atoms. The summed E-state index contributed by atoms with van der Waals surface area (Å²) in [6, 6.07) is 12.3. The van der Waals surface area contributed by atoms with Gasteiger partial charge in [0.05, 0.1) is 49.2 Å². The number of sulfonamides is 1. The highest BCUT2D eigenvalue weighted by Crippen LogP contribution is 2.35. The average Bonchev–Trinajstić information content (AvgIpc) is 4.06. The number of amides is 6. The van der Waals surface area contributed by atoms with Gasteiger partial charge in [-0.25, -0.2) is 12.7 Å². The summed E-state index contributed by atoms with van der Waals surface area (Å²) in [5, 5.41) is 29.0. The van der Waals surface area contributed by atoms with Gasteiger partial charge in [-0.05, 0) is 75.5 Å². The molecule has 5 aliphatic heterocycles. The predicted molar refractivity (Wildman–Crippen MR) is 252 cm³/mol. The van der Waals surface area contributed by atoms with E-state index < -0.39 is 51.8 Å². The molecule has 0 spiro atoms. The lowest BCUT2D eigenvalue weighted by Crippen LogP contribution is -2.54. The summed E-state index contributed by atoms with van der Waals surface area (Å²) in [5.74, 6) is -2.14. The van der Waals surface area contributed by atoms with Crippen LogP contribution in [0, 0.1) is 5.92 Å². The molecular weight excluding hydrogens is 921 g/mol. The van der Waals surface area contributed by atoms with Gasteiger partial charge in [-0.3, -0.25) is 54.5 Å². The van der Waals surface area contributed by atoms with Gasteiger partial charge in [0.15, 0.2) is 0 Å². The zero-order valence-corrected chi connectivity index (χ0v) is 40.4. The van der Waals surface area contributed by atoms with Crippen LogP contribution in [-0.2, 0) is 33.9 Å². The fourth-order valence-corrected chi connectivity index (χ4v) is 11.2. The Kier molecular flexibility index (Phi) is 17.6. The number of benzene rings is 2. The zero-order chi connectivity index (χ0) is 48.5. The van der Waals surface area contributed by atoms with Crippen molar-refractivity contribution in [1.29, 1.82) is 0 Å². The minimum absolute atomic E-state index is 0.0300. The van der Waals surface area contributed by atoms with E-state index in [1.807, 2.05) is 14.1 Å². The molecule has 6 amide bonds. The number of imide groups is 2. The molecule has 5 aliphatic rings. The fourth-order valence-electron chi connectivity index (χ4n) is 9.20. The van der Waals surface area contributed by atoms with E-state index in [0.29, 0.717) is 51.7 Å². The number of fused-ring (bicyclic) bond motifs is 1. The summed E-state index contributed by atoms with van der Waals surface area (Å²) in [7, 11) is 0.614. The normalized spacial score (nSPS) is 24.9. The van der Waals surface area contributed by atoms with Crippen molar-refractivity contribution < 1.29 is 51.8 Å². The van der Waals surface area contributed by atoms with Gasteiger partial charge >= 0.3 is 0 Å². The number of likely N-dealkylation sites (N-methyl/N-ethyl adjacent to an activating group) is 2. The molecule has 0 aliphatic carbocycles. The topological polar surface area (TPSA) is 260 Å². The Bertz CT molecular complexity index is 2290. The number of piperidine rings is 2. The van der Waals surface area contributed by atoms with Crippen LogP contribution in [0.2, 0.25) is 0 Å². The molecule has 7 rings (SSSR count). The lowest BCUT2D eigenvalue weighted by atomic mass is 9.87. The molecule has 4 saturated heterocycles. The van der Waals surface area contributed by atoms with Crippen molar-refractivity contribution in [2.75, 3.05) is 98.3 Å². The fraction of sp³-hybridized carbons (Fsp3) is 0.600. The molecule has 2 aromatic rings. The van der Waals surface area contributed by atoms with Crippen molar-refractivity contribution in [1.82, 2.24) is 50.9 Å². The van der Waals surface area contributed by atoms with Gasteiger partial charge in [-0.1, -0.05) is 30.3 Å². The van der Waals surface area contributed by atoms with Gasteiger partial charge in [-0.15, -0.1) is 11.8 Å². The number of ether oxygens (including phenoxy) is 2. The van der Waals surface area contributed by atoms with E-state index in [1.54, 1.807) is 23.9 Å². The molecule has 7 atom stereocenters.